The summed E-state index contributed by atoms with van der Waals surface area (Å²) in [5.74, 6) is 0. The Kier molecular flexibility index (Phi) is 4.58. The first-order valence-electron chi connectivity index (χ1n) is 3.27. The molecule has 0 saturated heterocycles. The lowest BCUT2D eigenvalue weighted by molar-refractivity contribution is 0.214. The molecule has 5 nitrogen and oxygen atoms in total. The van der Waals surface area contributed by atoms with Gasteiger partial charge in [-0.25, -0.2) is 8.37 Å². The lowest BCUT2D eigenvalue weighted by Gasteiger charge is -2.05. The Balaban J connectivity index is 3.74. The smallest absolute Gasteiger partial charge is 0.326 e. The van der Waals surface area contributed by atoms with E-state index in [-0.39, 0.29) is 19.3 Å². The van der Waals surface area contributed by atoms with Crippen LogP contribution in [0.4, 0.5) is 0 Å². The van der Waals surface area contributed by atoms with Gasteiger partial charge < -0.3 is 5.73 Å². The lowest BCUT2D eigenvalue weighted by atomic mass is 10.4. The summed E-state index contributed by atoms with van der Waals surface area (Å²) in [5.41, 5.74) is 5.25. The normalized spacial score (nSPS) is 14.8. The van der Waals surface area contributed by atoms with Gasteiger partial charge in [-0.1, -0.05) is 0 Å². The van der Waals surface area contributed by atoms with E-state index in [0.717, 1.165) is 0 Å². The molecule has 1 atom stereocenters. The van der Waals surface area contributed by atoms with Crippen LogP contribution in [0.1, 0.15) is 13.8 Å². The number of hydrogen-bond donors (Lipinski definition) is 1. The van der Waals surface area contributed by atoms with E-state index < -0.39 is 10.4 Å². The van der Waals surface area contributed by atoms with Crippen LogP contribution >= 0.6 is 0 Å². The molecule has 68 valence electrons. The Labute approximate surface area is 66.8 Å². The fourth-order valence-corrected chi connectivity index (χ4v) is 1.11. The lowest BCUT2D eigenvalue weighted by Crippen LogP contribution is -2.24. The van der Waals surface area contributed by atoms with Crippen LogP contribution in [-0.2, 0) is 18.8 Å². The third-order valence-electron chi connectivity index (χ3n) is 0.737. The molecular formula is C5H13NO4S. The van der Waals surface area contributed by atoms with Gasteiger partial charge >= 0.3 is 10.4 Å². The molecule has 0 spiro atoms. The third-order valence-corrected chi connectivity index (χ3v) is 1.69. The highest BCUT2D eigenvalue weighted by atomic mass is 32.3. The highest BCUT2D eigenvalue weighted by molar-refractivity contribution is 7.81. The van der Waals surface area contributed by atoms with Crippen molar-refractivity contribution in [3.63, 3.8) is 0 Å². The van der Waals surface area contributed by atoms with E-state index in [0.29, 0.717) is 0 Å². The fourth-order valence-electron chi connectivity index (χ4n) is 0.369. The van der Waals surface area contributed by atoms with Gasteiger partial charge in [0.1, 0.15) is 0 Å². The maximum absolute atomic E-state index is 10.6. The zero-order valence-electron chi connectivity index (χ0n) is 6.61. The SMILES string of the molecule is CCOS(=O)(=O)OCC(C)N. The first-order chi connectivity index (χ1) is 4.98. The van der Waals surface area contributed by atoms with Gasteiger partial charge in [0.2, 0.25) is 0 Å². The van der Waals surface area contributed by atoms with Crippen molar-refractivity contribution in [2.75, 3.05) is 13.2 Å². The molecule has 0 fully saturated rings. The Morgan fingerprint density at radius 3 is 2.36 bits per heavy atom. The molecular weight excluding hydrogens is 170 g/mol. The van der Waals surface area contributed by atoms with E-state index in [1.54, 1.807) is 13.8 Å². The molecule has 0 heterocycles. The number of nitrogens with two attached hydrogens (primary N) is 1. The zero-order valence-corrected chi connectivity index (χ0v) is 7.43. The summed E-state index contributed by atoms with van der Waals surface area (Å²) in [6.07, 6.45) is 0. The van der Waals surface area contributed by atoms with Crippen molar-refractivity contribution in [3.05, 3.63) is 0 Å². The molecule has 1 unspecified atom stereocenters. The van der Waals surface area contributed by atoms with E-state index in [2.05, 4.69) is 8.37 Å². The van der Waals surface area contributed by atoms with E-state index in [4.69, 9.17) is 5.73 Å². The van der Waals surface area contributed by atoms with Crippen molar-refractivity contribution in [2.45, 2.75) is 19.9 Å². The van der Waals surface area contributed by atoms with Crippen LogP contribution in [0.5, 0.6) is 0 Å². The molecule has 6 heteroatoms. The molecule has 0 bridgehead atoms. The quantitative estimate of drug-likeness (QED) is 0.629. The maximum atomic E-state index is 10.6. The fraction of sp³-hybridized carbons (Fsp3) is 1.00. The maximum Gasteiger partial charge on any atom is 0.399 e. The van der Waals surface area contributed by atoms with Crippen LogP contribution < -0.4 is 5.73 Å². The summed E-state index contributed by atoms with van der Waals surface area (Å²) in [4.78, 5) is 0. The predicted octanol–water partition coefficient (Wildman–Crippen LogP) is -0.368. The molecule has 0 aliphatic carbocycles. The van der Waals surface area contributed by atoms with Gasteiger partial charge in [-0.2, -0.15) is 8.42 Å². The molecule has 0 saturated carbocycles. The van der Waals surface area contributed by atoms with Crippen molar-refractivity contribution >= 4 is 10.4 Å². The molecule has 0 rings (SSSR count). The van der Waals surface area contributed by atoms with Crippen LogP contribution in [0.3, 0.4) is 0 Å². The molecule has 0 aliphatic rings. The Morgan fingerprint density at radius 1 is 1.45 bits per heavy atom. The predicted molar refractivity (Wildman–Crippen MR) is 40.1 cm³/mol. The Morgan fingerprint density at radius 2 is 2.00 bits per heavy atom. The molecule has 0 radical (unpaired) electrons. The molecule has 0 aromatic carbocycles. The monoisotopic (exact) mass is 183 g/mol. The minimum Gasteiger partial charge on any atom is -0.326 e. The highest BCUT2D eigenvalue weighted by Gasteiger charge is 2.10. The first kappa shape index (κ1) is 10.8. The first-order valence-corrected chi connectivity index (χ1v) is 4.60. The summed E-state index contributed by atoms with van der Waals surface area (Å²) in [6, 6.07) is -0.315. The van der Waals surface area contributed by atoms with E-state index in [9.17, 15) is 8.42 Å². The topological polar surface area (TPSA) is 78.6 Å². The van der Waals surface area contributed by atoms with Crippen LogP contribution in [-0.4, -0.2) is 27.7 Å². The van der Waals surface area contributed by atoms with Crippen LogP contribution in [0.25, 0.3) is 0 Å². The average molecular weight is 183 g/mol. The van der Waals surface area contributed by atoms with Gasteiger partial charge in [-0.05, 0) is 13.8 Å². The molecule has 0 aromatic rings. The molecule has 0 amide bonds. The summed E-state index contributed by atoms with van der Waals surface area (Å²) >= 11 is 0. The Bertz CT molecular complexity index is 187. The second-order valence-corrected chi connectivity index (χ2v) is 3.36. The van der Waals surface area contributed by atoms with Gasteiger partial charge in [0.15, 0.2) is 0 Å². The molecule has 0 aromatic heterocycles. The summed E-state index contributed by atoms with van der Waals surface area (Å²) in [7, 11) is -3.81. The van der Waals surface area contributed by atoms with E-state index >= 15 is 0 Å². The Hall–Kier alpha value is -0.170. The summed E-state index contributed by atoms with van der Waals surface area (Å²) < 4.78 is 29.9. The van der Waals surface area contributed by atoms with E-state index in [1.165, 1.54) is 0 Å². The van der Waals surface area contributed by atoms with Gasteiger partial charge in [0, 0.05) is 6.04 Å². The zero-order chi connectivity index (χ0) is 8.91. The summed E-state index contributed by atoms with van der Waals surface area (Å²) in [5, 5.41) is 0. The second-order valence-electron chi connectivity index (χ2n) is 2.08. The largest absolute Gasteiger partial charge is 0.399 e. The number of rotatable bonds is 5. The highest BCUT2D eigenvalue weighted by Crippen LogP contribution is 1.95. The van der Waals surface area contributed by atoms with Crippen LogP contribution in [0.2, 0.25) is 0 Å². The third kappa shape index (κ3) is 6.24. The van der Waals surface area contributed by atoms with Crippen LogP contribution in [0, 0.1) is 0 Å². The van der Waals surface area contributed by atoms with Crippen molar-refractivity contribution < 1.29 is 16.8 Å². The van der Waals surface area contributed by atoms with Gasteiger partial charge in [0.05, 0.1) is 13.2 Å². The van der Waals surface area contributed by atoms with Gasteiger partial charge in [-0.15, -0.1) is 0 Å². The molecule has 2 N–H and O–H groups in total. The van der Waals surface area contributed by atoms with Crippen molar-refractivity contribution in [3.8, 4) is 0 Å². The van der Waals surface area contributed by atoms with Crippen molar-refractivity contribution in [1.82, 2.24) is 0 Å². The van der Waals surface area contributed by atoms with E-state index in [1.807, 2.05) is 0 Å². The molecule has 11 heavy (non-hydrogen) atoms. The average Bonchev–Trinajstić information content (AvgIpc) is 1.84. The minimum absolute atomic E-state index is 0.0532. The number of hydrogen-bond acceptors (Lipinski definition) is 5. The van der Waals surface area contributed by atoms with Crippen molar-refractivity contribution in [1.29, 1.82) is 0 Å². The molecule has 0 aliphatic heterocycles. The second kappa shape index (κ2) is 4.66. The van der Waals surface area contributed by atoms with Gasteiger partial charge in [0.25, 0.3) is 0 Å². The minimum atomic E-state index is -3.81. The van der Waals surface area contributed by atoms with Gasteiger partial charge in [-0.3, -0.25) is 0 Å². The van der Waals surface area contributed by atoms with Crippen LogP contribution in [0.15, 0.2) is 0 Å². The standard InChI is InChI=1S/C5H13NO4S/c1-3-9-11(7,8)10-4-5(2)6/h5H,3-4,6H2,1-2H3. The summed E-state index contributed by atoms with van der Waals surface area (Å²) in [6.45, 7) is 3.22. The van der Waals surface area contributed by atoms with Crippen molar-refractivity contribution in [2.24, 2.45) is 5.73 Å².